The largest absolute Gasteiger partial charge is 0.457 e. The minimum atomic E-state index is -0.474. The van der Waals surface area contributed by atoms with Crippen molar-refractivity contribution in [2.75, 3.05) is 0 Å². The number of nitrogens with one attached hydrogen (secondary N) is 1. The van der Waals surface area contributed by atoms with Gasteiger partial charge in [-0.05, 0) is 39.7 Å². The second-order valence-corrected chi connectivity index (χ2v) is 4.94. The molecule has 0 aliphatic heterocycles. The van der Waals surface area contributed by atoms with Crippen LogP contribution >= 0.6 is 27.5 Å². The maximum atomic E-state index is 11.1. The van der Waals surface area contributed by atoms with Gasteiger partial charge in [0.15, 0.2) is 10.3 Å². The van der Waals surface area contributed by atoms with Crippen molar-refractivity contribution < 1.29 is 8.83 Å². The van der Waals surface area contributed by atoms with Gasteiger partial charge in [0.2, 0.25) is 0 Å². The fourth-order valence-electron chi connectivity index (χ4n) is 1.78. The van der Waals surface area contributed by atoms with E-state index in [1.54, 1.807) is 24.5 Å². The third kappa shape index (κ3) is 1.89. The van der Waals surface area contributed by atoms with Crippen LogP contribution in [0.2, 0.25) is 0 Å². The summed E-state index contributed by atoms with van der Waals surface area (Å²) in [6.45, 7) is 0. The van der Waals surface area contributed by atoms with Crippen LogP contribution in [-0.4, -0.2) is 4.98 Å². The molecule has 1 atom stereocenters. The minimum Gasteiger partial charge on any atom is -0.457 e. The first-order valence-corrected chi connectivity index (χ1v) is 6.38. The molecule has 3 rings (SSSR count). The molecule has 92 valence electrons. The fraction of sp³-hybridized carbons (Fsp3) is 0.0833. The van der Waals surface area contributed by atoms with Gasteiger partial charge in [0.05, 0.1) is 17.2 Å². The lowest BCUT2D eigenvalue weighted by Gasteiger charge is -2.07. The molecule has 0 saturated heterocycles. The van der Waals surface area contributed by atoms with Crippen LogP contribution in [0.5, 0.6) is 0 Å². The normalized spacial score (nSPS) is 13.0. The number of benzene rings is 1. The fourth-order valence-corrected chi connectivity index (χ4v) is 2.69. The summed E-state index contributed by atoms with van der Waals surface area (Å²) in [5.41, 5.74) is 2.80. The topological polar surface area (TPSA) is 59.1 Å². The van der Waals surface area contributed by atoms with Crippen LogP contribution in [0.3, 0.4) is 0 Å². The first-order chi connectivity index (χ1) is 8.65. The Kier molecular flexibility index (Phi) is 2.80. The number of hydrogen-bond donors (Lipinski definition) is 1. The molecular weight excluding hydrogens is 321 g/mol. The summed E-state index contributed by atoms with van der Waals surface area (Å²) in [4.78, 5) is 13.7. The number of fused-ring (bicyclic) bond motifs is 1. The van der Waals surface area contributed by atoms with E-state index in [9.17, 15) is 4.79 Å². The van der Waals surface area contributed by atoms with Crippen LogP contribution in [0.4, 0.5) is 0 Å². The van der Waals surface area contributed by atoms with Crippen molar-refractivity contribution in [3.8, 4) is 0 Å². The average molecular weight is 329 g/mol. The molecule has 0 aliphatic carbocycles. The second-order valence-electron chi connectivity index (χ2n) is 3.78. The summed E-state index contributed by atoms with van der Waals surface area (Å²) in [6, 6.07) is 7.13. The molecule has 0 spiro atoms. The van der Waals surface area contributed by atoms with Crippen molar-refractivity contribution in [2.24, 2.45) is 0 Å². The SMILES string of the molecule is O=c1[nH]c2ccc(C(Cl)c3ccoc3Br)cc2o1. The van der Waals surface area contributed by atoms with Crippen LogP contribution in [0.1, 0.15) is 16.5 Å². The highest BCUT2D eigenvalue weighted by atomic mass is 79.9. The number of oxazole rings is 1. The molecule has 1 unspecified atom stereocenters. The van der Waals surface area contributed by atoms with Gasteiger partial charge in [-0.25, -0.2) is 4.79 Å². The highest BCUT2D eigenvalue weighted by molar-refractivity contribution is 9.10. The van der Waals surface area contributed by atoms with Gasteiger partial charge in [0, 0.05) is 5.56 Å². The van der Waals surface area contributed by atoms with E-state index < -0.39 is 5.76 Å². The van der Waals surface area contributed by atoms with E-state index >= 15 is 0 Å². The van der Waals surface area contributed by atoms with Crippen LogP contribution in [0.25, 0.3) is 11.1 Å². The van der Waals surface area contributed by atoms with E-state index in [4.69, 9.17) is 20.4 Å². The Morgan fingerprint density at radius 2 is 2.17 bits per heavy atom. The predicted octanol–water partition coefficient (Wildman–Crippen LogP) is 3.80. The summed E-state index contributed by atoms with van der Waals surface area (Å²) < 4.78 is 10.7. The van der Waals surface area contributed by atoms with E-state index in [0.29, 0.717) is 15.8 Å². The number of halogens is 2. The van der Waals surface area contributed by atoms with Crippen molar-refractivity contribution in [1.29, 1.82) is 0 Å². The van der Waals surface area contributed by atoms with Crippen molar-refractivity contribution in [3.63, 3.8) is 0 Å². The Labute approximate surface area is 115 Å². The number of furan rings is 1. The van der Waals surface area contributed by atoms with E-state index in [1.165, 1.54) is 0 Å². The zero-order chi connectivity index (χ0) is 12.7. The molecule has 0 amide bonds. The molecule has 0 saturated carbocycles. The maximum Gasteiger partial charge on any atom is 0.417 e. The molecule has 1 N–H and O–H groups in total. The van der Waals surface area contributed by atoms with Crippen molar-refractivity contribution in [3.05, 3.63) is 56.9 Å². The van der Waals surface area contributed by atoms with Gasteiger partial charge in [-0.1, -0.05) is 6.07 Å². The predicted molar refractivity (Wildman–Crippen MR) is 70.9 cm³/mol. The van der Waals surface area contributed by atoms with Gasteiger partial charge in [-0.15, -0.1) is 11.6 Å². The molecule has 3 aromatic rings. The lowest BCUT2D eigenvalue weighted by molar-refractivity contribution is 0.537. The molecule has 18 heavy (non-hydrogen) atoms. The third-order valence-corrected chi connectivity index (χ3v) is 3.79. The van der Waals surface area contributed by atoms with E-state index in [0.717, 1.165) is 11.1 Å². The first kappa shape index (κ1) is 11.6. The van der Waals surface area contributed by atoms with Crippen LogP contribution < -0.4 is 5.76 Å². The van der Waals surface area contributed by atoms with Gasteiger partial charge >= 0.3 is 5.76 Å². The molecule has 0 aliphatic rings. The van der Waals surface area contributed by atoms with E-state index in [-0.39, 0.29) is 5.38 Å². The van der Waals surface area contributed by atoms with Gasteiger partial charge in [-0.2, -0.15) is 0 Å². The Morgan fingerprint density at radius 1 is 1.33 bits per heavy atom. The molecule has 0 fully saturated rings. The van der Waals surface area contributed by atoms with Gasteiger partial charge in [0.25, 0.3) is 0 Å². The molecule has 0 bridgehead atoms. The zero-order valence-corrected chi connectivity index (χ0v) is 11.3. The third-order valence-electron chi connectivity index (χ3n) is 2.66. The summed E-state index contributed by atoms with van der Waals surface area (Å²) in [5, 5.41) is -0.372. The molecule has 0 radical (unpaired) electrons. The van der Waals surface area contributed by atoms with Gasteiger partial charge < -0.3 is 8.83 Å². The molecule has 6 heteroatoms. The average Bonchev–Trinajstić information content (AvgIpc) is 2.91. The van der Waals surface area contributed by atoms with Crippen molar-refractivity contribution in [1.82, 2.24) is 4.98 Å². The standard InChI is InChI=1S/C12H7BrClNO3/c13-11-7(3-4-17-11)10(14)6-1-2-8-9(5-6)18-12(16)15-8/h1-5,10H,(H,15,16). The maximum absolute atomic E-state index is 11.1. The summed E-state index contributed by atoms with van der Waals surface area (Å²) in [5.74, 6) is -0.474. The summed E-state index contributed by atoms with van der Waals surface area (Å²) >= 11 is 9.65. The van der Waals surface area contributed by atoms with Crippen molar-refractivity contribution >= 4 is 38.6 Å². The van der Waals surface area contributed by atoms with E-state index in [2.05, 4.69) is 20.9 Å². The van der Waals surface area contributed by atoms with Crippen LogP contribution in [0.15, 0.2) is 48.8 Å². The Morgan fingerprint density at radius 3 is 2.89 bits per heavy atom. The zero-order valence-electron chi connectivity index (χ0n) is 8.94. The number of rotatable bonds is 2. The summed E-state index contributed by atoms with van der Waals surface area (Å²) in [7, 11) is 0. The number of aromatic nitrogens is 1. The monoisotopic (exact) mass is 327 g/mol. The molecule has 1 aromatic carbocycles. The van der Waals surface area contributed by atoms with Crippen LogP contribution in [0, 0.1) is 0 Å². The summed E-state index contributed by atoms with van der Waals surface area (Å²) in [6.07, 6.45) is 1.56. The Hall–Kier alpha value is -1.46. The quantitative estimate of drug-likeness (QED) is 0.728. The molecule has 2 heterocycles. The lowest BCUT2D eigenvalue weighted by atomic mass is 10.1. The van der Waals surface area contributed by atoms with Crippen LogP contribution in [-0.2, 0) is 0 Å². The molecule has 4 nitrogen and oxygen atoms in total. The smallest absolute Gasteiger partial charge is 0.417 e. The van der Waals surface area contributed by atoms with Crippen molar-refractivity contribution in [2.45, 2.75) is 5.38 Å². The second kappa shape index (κ2) is 4.33. The molecular formula is C12H7BrClNO3. The highest BCUT2D eigenvalue weighted by Crippen LogP contribution is 2.35. The first-order valence-electron chi connectivity index (χ1n) is 5.15. The Balaban J connectivity index is 2.09. The number of H-pyrrole nitrogens is 1. The molecule has 2 aromatic heterocycles. The van der Waals surface area contributed by atoms with Gasteiger partial charge in [-0.3, -0.25) is 4.98 Å². The minimum absolute atomic E-state index is 0.372. The number of aromatic amines is 1. The highest BCUT2D eigenvalue weighted by Gasteiger charge is 2.17. The number of alkyl halides is 1. The van der Waals surface area contributed by atoms with E-state index in [1.807, 2.05) is 6.07 Å². The van der Waals surface area contributed by atoms with Gasteiger partial charge in [0.1, 0.15) is 0 Å². The number of hydrogen-bond acceptors (Lipinski definition) is 3. The Bertz CT molecular complexity index is 758. The lowest BCUT2D eigenvalue weighted by Crippen LogP contribution is -1.92.